The molecule has 0 saturated carbocycles. The normalized spacial score (nSPS) is 10.2. The summed E-state index contributed by atoms with van der Waals surface area (Å²) in [5, 5.41) is 5.65. The van der Waals surface area contributed by atoms with Crippen molar-refractivity contribution in [1.29, 1.82) is 0 Å². The lowest BCUT2D eigenvalue weighted by molar-refractivity contribution is -0.116. The number of nitrogens with one attached hydrogen (secondary N) is 2. The minimum atomic E-state index is -0.133. The van der Waals surface area contributed by atoms with Crippen LogP contribution < -0.4 is 10.6 Å². The Balaban J connectivity index is 1.86. The Labute approximate surface area is 157 Å². The molecule has 0 unspecified atom stereocenters. The van der Waals surface area contributed by atoms with Crippen molar-refractivity contribution in [2.75, 3.05) is 16.4 Å². The molecule has 2 rings (SSSR count). The van der Waals surface area contributed by atoms with Crippen molar-refractivity contribution >= 4 is 40.7 Å². The lowest BCUT2D eigenvalue weighted by Gasteiger charge is -2.08. The molecular weight excluding hydrogens is 348 g/mol. The molecule has 0 spiro atoms. The fourth-order valence-corrected chi connectivity index (χ4v) is 3.00. The molecule has 0 fully saturated rings. The van der Waals surface area contributed by atoms with Crippen LogP contribution >= 0.6 is 11.8 Å². The van der Waals surface area contributed by atoms with Gasteiger partial charge in [-0.2, -0.15) is 0 Å². The number of thioether (sulfide) groups is 1. The smallest absolute Gasteiger partial charge is 0.234 e. The van der Waals surface area contributed by atoms with Crippen molar-refractivity contribution in [1.82, 2.24) is 0 Å². The Morgan fingerprint density at radius 1 is 0.923 bits per heavy atom. The molecular formula is C20H22N2O3S. The van der Waals surface area contributed by atoms with Gasteiger partial charge in [0.15, 0.2) is 5.78 Å². The lowest BCUT2D eigenvalue weighted by atomic mass is 10.1. The Morgan fingerprint density at radius 2 is 1.62 bits per heavy atom. The quantitative estimate of drug-likeness (QED) is 0.535. The number of hydrogen-bond acceptors (Lipinski definition) is 4. The van der Waals surface area contributed by atoms with Gasteiger partial charge in [0.25, 0.3) is 0 Å². The predicted molar refractivity (Wildman–Crippen MR) is 106 cm³/mol. The van der Waals surface area contributed by atoms with Crippen LogP contribution in [0.4, 0.5) is 11.4 Å². The van der Waals surface area contributed by atoms with E-state index in [0.29, 0.717) is 17.7 Å². The maximum atomic E-state index is 12.1. The first-order valence-corrected chi connectivity index (χ1v) is 9.40. The Bertz CT molecular complexity index is 788. The first-order chi connectivity index (χ1) is 12.5. The third-order valence-electron chi connectivity index (χ3n) is 3.54. The molecule has 0 heterocycles. The zero-order chi connectivity index (χ0) is 18.9. The van der Waals surface area contributed by atoms with Crippen molar-refractivity contribution in [3.05, 3.63) is 54.1 Å². The highest BCUT2D eigenvalue weighted by atomic mass is 32.2. The SMILES string of the molecule is CCCC(=O)Nc1cccc(SCC(=O)Nc2ccc(C(C)=O)cc2)c1. The van der Waals surface area contributed by atoms with Crippen LogP contribution in [0.5, 0.6) is 0 Å². The van der Waals surface area contributed by atoms with E-state index in [0.717, 1.165) is 17.0 Å². The maximum Gasteiger partial charge on any atom is 0.234 e. The van der Waals surface area contributed by atoms with E-state index >= 15 is 0 Å². The standard InChI is InChI=1S/C20H22N2O3S/c1-3-5-19(24)22-17-6-4-7-18(12-17)26-13-20(25)21-16-10-8-15(9-11-16)14(2)23/h4,6-12H,3,5,13H2,1-2H3,(H,21,25)(H,22,24). The molecule has 2 aromatic carbocycles. The van der Waals surface area contributed by atoms with Crippen LogP contribution in [0.2, 0.25) is 0 Å². The number of anilines is 2. The van der Waals surface area contributed by atoms with E-state index in [9.17, 15) is 14.4 Å². The number of carbonyl (C=O) groups excluding carboxylic acids is 3. The van der Waals surface area contributed by atoms with Gasteiger partial charge >= 0.3 is 0 Å². The van der Waals surface area contributed by atoms with Crippen LogP contribution in [0.15, 0.2) is 53.4 Å². The second kappa shape index (κ2) is 9.77. The molecule has 0 aliphatic rings. The molecule has 136 valence electrons. The first kappa shape index (κ1) is 19.7. The lowest BCUT2D eigenvalue weighted by Crippen LogP contribution is -2.14. The number of Topliss-reactive ketones (excluding diaryl/α,β-unsaturated/α-hetero) is 1. The summed E-state index contributed by atoms with van der Waals surface area (Å²) in [5.74, 6) is 0.0950. The molecule has 6 heteroatoms. The minimum absolute atomic E-state index is 0.00987. The summed E-state index contributed by atoms with van der Waals surface area (Å²) in [6.45, 7) is 3.46. The Kier molecular flexibility index (Phi) is 7.41. The summed E-state index contributed by atoms with van der Waals surface area (Å²) in [6.07, 6.45) is 1.29. The third-order valence-corrected chi connectivity index (χ3v) is 4.53. The van der Waals surface area contributed by atoms with E-state index in [1.165, 1.54) is 18.7 Å². The molecule has 0 atom stereocenters. The average molecular weight is 370 g/mol. The summed E-state index contributed by atoms with van der Waals surface area (Å²) in [6, 6.07) is 14.2. The zero-order valence-corrected chi connectivity index (χ0v) is 15.7. The van der Waals surface area contributed by atoms with Gasteiger partial charge in [-0.05, 0) is 55.8 Å². The molecule has 2 amide bonds. The minimum Gasteiger partial charge on any atom is -0.326 e. The van der Waals surface area contributed by atoms with E-state index in [1.807, 2.05) is 31.2 Å². The summed E-state index contributed by atoms with van der Waals surface area (Å²) in [5.41, 5.74) is 1.99. The van der Waals surface area contributed by atoms with E-state index in [4.69, 9.17) is 0 Å². The predicted octanol–water partition coefficient (Wildman–Crippen LogP) is 4.36. The van der Waals surface area contributed by atoms with Gasteiger partial charge in [0.05, 0.1) is 5.75 Å². The fourth-order valence-electron chi connectivity index (χ4n) is 2.25. The van der Waals surface area contributed by atoms with E-state index < -0.39 is 0 Å². The highest BCUT2D eigenvalue weighted by Crippen LogP contribution is 2.22. The fraction of sp³-hybridized carbons (Fsp3) is 0.250. The number of rotatable bonds is 8. The van der Waals surface area contributed by atoms with Gasteiger partial charge in [-0.3, -0.25) is 14.4 Å². The van der Waals surface area contributed by atoms with Crippen LogP contribution in [0.3, 0.4) is 0 Å². The summed E-state index contributed by atoms with van der Waals surface area (Å²) in [4.78, 5) is 35.9. The second-order valence-corrected chi connectivity index (χ2v) is 6.85. The largest absolute Gasteiger partial charge is 0.326 e. The third kappa shape index (κ3) is 6.37. The van der Waals surface area contributed by atoms with Gasteiger partial charge in [-0.15, -0.1) is 11.8 Å². The van der Waals surface area contributed by atoms with Gasteiger partial charge in [-0.1, -0.05) is 13.0 Å². The molecule has 0 saturated heterocycles. The van der Waals surface area contributed by atoms with Crippen molar-refractivity contribution in [2.45, 2.75) is 31.6 Å². The molecule has 0 bridgehead atoms. The Morgan fingerprint density at radius 3 is 2.27 bits per heavy atom. The molecule has 0 aliphatic heterocycles. The highest BCUT2D eigenvalue weighted by Gasteiger charge is 2.06. The van der Waals surface area contributed by atoms with Gasteiger partial charge in [0.2, 0.25) is 11.8 Å². The first-order valence-electron chi connectivity index (χ1n) is 8.41. The van der Waals surface area contributed by atoms with Crippen molar-refractivity contribution in [3.8, 4) is 0 Å². The van der Waals surface area contributed by atoms with Crippen molar-refractivity contribution in [2.24, 2.45) is 0 Å². The van der Waals surface area contributed by atoms with E-state index in [1.54, 1.807) is 24.3 Å². The summed E-state index contributed by atoms with van der Waals surface area (Å²) >= 11 is 1.39. The number of ketones is 1. The van der Waals surface area contributed by atoms with Gasteiger partial charge < -0.3 is 10.6 Å². The number of carbonyl (C=O) groups is 3. The monoisotopic (exact) mass is 370 g/mol. The van der Waals surface area contributed by atoms with Crippen LogP contribution in [0.25, 0.3) is 0 Å². The molecule has 26 heavy (non-hydrogen) atoms. The number of benzene rings is 2. The average Bonchev–Trinajstić information content (AvgIpc) is 2.61. The molecule has 0 radical (unpaired) electrons. The highest BCUT2D eigenvalue weighted by molar-refractivity contribution is 8.00. The maximum absolute atomic E-state index is 12.1. The van der Waals surface area contributed by atoms with E-state index in [-0.39, 0.29) is 23.4 Å². The Hall–Kier alpha value is -2.60. The zero-order valence-electron chi connectivity index (χ0n) is 14.9. The van der Waals surface area contributed by atoms with Crippen molar-refractivity contribution in [3.63, 3.8) is 0 Å². The molecule has 0 aliphatic carbocycles. The second-order valence-electron chi connectivity index (χ2n) is 5.80. The van der Waals surface area contributed by atoms with Crippen molar-refractivity contribution < 1.29 is 14.4 Å². The molecule has 0 aromatic heterocycles. The summed E-state index contributed by atoms with van der Waals surface area (Å²) in [7, 11) is 0. The summed E-state index contributed by atoms with van der Waals surface area (Å²) < 4.78 is 0. The van der Waals surface area contributed by atoms with Gasteiger partial charge in [0.1, 0.15) is 0 Å². The van der Waals surface area contributed by atoms with Gasteiger partial charge in [0, 0.05) is 28.3 Å². The van der Waals surface area contributed by atoms with Crippen LogP contribution in [0, 0.1) is 0 Å². The number of hydrogen-bond donors (Lipinski definition) is 2. The molecule has 2 N–H and O–H groups in total. The van der Waals surface area contributed by atoms with Crippen LogP contribution in [-0.4, -0.2) is 23.4 Å². The molecule has 2 aromatic rings. The topological polar surface area (TPSA) is 75.3 Å². The number of amides is 2. The van der Waals surface area contributed by atoms with E-state index in [2.05, 4.69) is 10.6 Å². The molecule has 5 nitrogen and oxygen atoms in total. The van der Waals surface area contributed by atoms with Gasteiger partial charge in [-0.25, -0.2) is 0 Å². The van der Waals surface area contributed by atoms with Crippen LogP contribution in [-0.2, 0) is 9.59 Å². The van der Waals surface area contributed by atoms with Crippen LogP contribution in [0.1, 0.15) is 37.0 Å².